The summed E-state index contributed by atoms with van der Waals surface area (Å²) in [5.74, 6) is -0.984. The Balaban J connectivity index is 1.37. The minimum Gasteiger partial charge on any atom is -0.339 e. The van der Waals surface area contributed by atoms with Gasteiger partial charge in [-0.25, -0.2) is 9.37 Å². The van der Waals surface area contributed by atoms with Crippen molar-refractivity contribution in [1.82, 2.24) is 9.88 Å². The number of nitrogens with zero attached hydrogens (tertiary/aromatic N) is 3. The van der Waals surface area contributed by atoms with Crippen molar-refractivity contribution in [2.75, 3.05) is 18.0 Å². The van der Waals surface area contributed by atoms with Crippen LogP contribution in [0.25, 0.3) is 6.08 Å². The first-order chi connectivity index (χ1) is 16.8. The van der Waals surface area contributed by atoms with Gasteiger partial charge in [0.1, 0.15) is 5.82 Å². The molecular formula is C27H26FN3O3S. The van der Waals surface area contributed by atoms with Gasteiger partial charge in [0.25, 0.3) is 0 Å². The molecule has 0 aliphatic carbocycles. The summed E-state index contributed by atoms with van der Waals surface area (Å²) in [5, 5.41) is 2.03. The van der Waals surface area contributed by atoms with Gasteiger partial charge in [0.15, 0.2) is 10.9 Å². The third-order valence-electron chi connectivity index (χ3n) is 6.02. The molecule has 0 saturated carbocycles. The molecule has 8 heteroatoms. The molecule has 0 radical (unpaired) electrons. The number of aromatic nitrogens is 1. The molecule has 2 heterocycles. The van der Waals surface area contributed by atoms with Crippen molar-refractivity contribution in [3.8, 4) is 0 Å². The highest BCUT2D eigenvalue weighted by Crippen LogP contribution is 2.31. The second-order valence-electron chi connectivity index (χ2n) is 8.52. The van der Waals surface area contributed by atoms with E-state index >= 15 is 0 Å². The van der Waals surface area contributed by atoms with Crippen molar-refractivity contribution in [1.29, 1.82) is 0 Å². The molecule has 180 valence electrons. The highest BCUT2D eigenvalue weighted by atomic mass is 32.1. The third kappa shape index (κ3) is 5.71. The van der Waals surface area contributed by atoms with Crippen LogP contribution in [0.3, 0.4) is 0 Å². The normalized spacial score (nSPS) is 14.3. The molecule has 1 fully saturated rings. The number of para-hydroxylation sites is 1. The second kappa shape index (κ2) is 10.7. The molecule has 4 rings (SSSR count). The van der Waals surface area contributed by atoms with Gasteiger partial charge in [-0.05, 0) is 38.0 Å². The van der Waals surface area contributed by atoms with Gasteiger partial charge in [-0.2, -0.15) is 0 Å². The van der Waals surface area contributed by atoms with Crippen LogP contribution in [0.15, 0.2) is 60.0 Å². The predicted octanol–water partition coefficient (Wildman–Crippen LogP) is 5.41. The summed E-state index contributed by atoms with van der Waals surface area (Å²) >= 11 is 1.19. The Bertz CT molecular complexity index is 1260. The fourth-order valence-corrected chi connectivity index (χ4v) is 4.92. The summed E-state index contributed by atoms with van der Waals surface area (Å²) in [7, 11) is 0. The molecule has 0 N–H and O–H groups in total. The maximum absolute atomic E-state index is 14.2. The zero-order valence-corrected chi connectivity index (χ0v) is 20.4. The molecular weight excluding hydrogens is 465 g/mol. The van der Waals surface area contributed by atoms with Crippen molar-refractivity contribution >= 4 is 45.8 Å². The van der Waals surface area contributed by atoms with Gasteiger partial charge in [0, 0.05) is 43.0 Å². The van der Waals surface area contributed by atoms with Gasteiger partial charge in [0.05, 0.1) is 11.4 Å². The Hall–Kier alpha value is -3.65. The fraction of sp³-hybridized carbons (Fsp3) is 0.259. The fourth-order valence-electron chi connectivity index (χ4n) is 4.07. The van der Waals surface area contributed by atoms with E-state index in [1.54, 1.807) is 28.5 Å². The van der Waals surface area contributed by atoms with Crippen LogP contribution >= 0.6 is 11.3 Å². The molecule has 6 nitrogen and oxygen atoms in total. The summed E-state index contributed by atoms with van der Waals surface area (Å²) in [6.45, 7) is 4.36. The summed E-state index contributed by atoms with van der Waals surface area (Å²) < 4.78 is 14.2. The van der Waals surface area contributed by atoms with Crippen molar-refractivity contribution in [3.05, 3.63) is 82.6 Å². The van der Waals surface area contributed by atoms with Crippen molar-refractivity contribution < 1.29 is 18.8 Å². The molecule has 1 aliphatic rings. The maximum Gasteiger partial charge on any atom is 0.246 e. The van der Waals surface area contributed by atoms with Crippen LogP contribution in [-0.2, 0) is 9.59 Å². The summed E-state index contributed by atoms with van der Waals surface area (Å²) in [6.07, 6.45) is 4.29. The number of thiazole rings is 1. The third-order valence-corrected chi connectivity index (χ3v) is 6.86. The highest BCUT2D eigenvalue weighted by molar-refractivity contribution is 7.14. The molecule has 1 aromatic heterocycles. The Labute approximate surface area is 207 Å². The number of halogens is 1. The second-order valence-corrected chi connectivity index (χ2v) is 9.36. The number of carbonyl (C=O) groups is 3. The van der Waals surface area contributed by atoms with Crippen LogP contribution in [0.5, 0.6) is 0 Å². The van der Waals surface area contributed by atoms with Crippen molar-refractivity contribution in [3.63, 3.8) is 0 Å². The first-order valence-electron chi connectivity index (χ1n) is 11.4. The Kier molecular flexibility index (Phi) is 7.51. The number of likely N-dealkylation sites (tertiary alicyclic amines) is 1. The lowest BCUT2D eigenvalue weighted by Crippen LogP contribution is -2.39. The molecule has 2 amide bonds. The van der Waals surface area contributed by atoms with Gasteiger partial charge < -0.3 is 4.90 Å². The Morgan fingerprint density at radius 2 is 1.77 bits per heavy atom. The number of hydrogen-bond donors (Lipinski definition) is 0. The Morgan fingerprint density at radius 3 is 2.43 bits per heavy atom. The first-order valence-corrected chi connectivity index (χ1v) is 12.3. The van der Waals surface area contributed by atoms with Crippen LogP contribution in [-0.4, -0.2) is 40.6 Å². The molecule has 35 heavy (non-hydrogen) atoms. The maximum atomic E-state index is 14.2. The van der Waals surface area contributed by atoms with Gasteiger partial charge in [-0.3, -0.25) is 19.3 Å². The largest absolute Gasteiger partial charge is 0.339 e. The number of amides is 2. The van der Waals surface area contributed by atoms with Crippen molar-refractivity contribution in [2.24, 2.45) is 5.92 Å². The van der Waals surface area contributed by atoms with Crippen LogP contribution in [0.1, 0.15) is 41.4 Å². The summed E-state index contributed by atoms with van der Waals surface area (Å²) in [5.41, 5.74) is 2.46. The number of hydrogen-bond acceptors (Lipinski definition) is 5. The van der Waals surface area contributed by atoms with Crippen LogP contribution < -0.4 is 4.90 Å². The molecule has 0 bridgehead atoms. The highest BCUT2D eigenvalue weighted by Gasteiger charge is 2.27. The van der Waals surface area contributed by atoms with Crippen LogP contribution in [0.4, 0.5) is 15.2 Å². The molecule has 3 aromatic rings. The smallest absolute Gasteiger partial charge is 0.246 e. The van der Waals surface area contributed by atoms with Crippen LogP contribution in [0.2, 0.25) is 0 Å². The lowest BCUT2D eigenvalue weighted by molar-refractivity contribution is -0.127. The van der Waals surface area contributed by atoms with Crippen molar-refractivity contribution in [2.45, 2.75) is 26.7 Å². The number of rotatable bonds is 6. The Morgan fingerprint density at radius 1 is 1.09 bits per heavy atom. The number of anilines is 2. The molecule has 2 aromatic carbocycles. The molecule has 0 spiro atoms. The average molecular weight is 492 g/mol. The molecule has 1 saturated heterocycles. The topological polar surface area (TPSA) is 70.6 Å². The number of piperidine rings is 1. The predicted molar refractivity (Wildman–Crippen MR) is 135 cm³/mol. The van der Waals surface area contributed by atoms with E-state index in [1.807, 2.05) is 31.2 Å². The number of aryl methyl sites for hydroxylation is 1. The summed E-state index contributed by atoms with van der Waals surface area (Å²) in [4.78, 5) is 45.0. The minimum atomic E-state index is -0.519. The number of benzene rings is 2. The lowest BCUT2D eigenvalue weighted by atomic mass is 9.88. The van der Waals surface area contributed by atoms with Gasteiger partial charge in [-0.15, -0.1) is 11.3 Å². The van der Waals surface area contributed by atoms with E-state index in [4.69, 9.17) is 0 Å². The lowest BCUT2D eigenvalue weighted by Gasteiger charge is -2.30. The molecule has 1 aliphatic heterocycles. The van der Waals surface area contributed by atoms with Gasteiger partial charge >= 0.3 is 0 Å². The first kappa shape index (κ1) is 24.5. The number of Topliss-reactive ketones (excluding diaryl/α,β-unsaturated/α-hetero) is 1. The minimum absolute atomic E-state index is 0.0808. The van der Waals surface area contributed by atoms with Gasteiger partial charge in [0.2, 0.25) is 11.8 Å². The van der Waals surface area contributed by atoms with E-state index in [2.05, 4.69) is 4.98 Å². The zero-order valence-electron chi connectivity index (χ0n) is 19.6. The summed E-state index contributed by atoms with van der Waals surface area (Å²) in [6, 6.07) is 13.6. The monoisotopic (exact) mass is 491 g/mol. The van der Waals surface area contributed by atoms with Gasteiger partial charge in [-0.1, -0.05) is 42.0 Å². The van der Waals surface area contributed by atoms with E-state index in [0.29, 0.717) is 36.8 Å². The molecule has 0 atom stereocenters. The van der Waals surface area contributed by atoms with E-state index in [0.717, 1.165) is 11.1 Å². The SMILES string of the molecule is CC(=O)N(c1nc(/C=C/C(=O)N2CCC(C(=O)c3ccc(C)cc3)CC2)cs1)c1ccccc1F. The van der Waals surface area contributed by atoms with E-state index in [-0.39, 0.29) is 29.2 Å². The quantitative estimate of drug-likeness (QED) is 0.342. The zero-order chi connectivity index (χ0) is 24.9. The number of carbonyl (C=O) groups excluding carboxylic acids is 3. The van der Waals surface area contributed by atoms with E-state index < -0.39 is 5.82 Å². The van der Waals surface area contributed by atoms with E-state index in [1.165, 1.54) is 41.4 Å². The van der Waals surface area contributed by atoms with E-state index in [9.17, 15) is 18.8 Å². The number of ketones is 1. The average Bonchev–Trinajstić information content (AvgIpc) is 3.32. The standard InChI is InChI=1S/C27H26FN3O3S/c1-18-7-9-20(10-8-18)26(34)21-13-15-30(16-14-21)25(33)12-11-22-17-35-27(29-22)31(19(2)32)24-6-4-3-5-23(24)28/h3-12,17,21H,13-16H2,1-2H3/b12-11+. The molecule has 0 unspecified atom stereocenters. The van der Waals surface area contributed by atoms with Crippen LogP contribution in [0, 0.1) is 18.7 Å².